The summed E-state index contributed by atoms with van der Waals surface area (Å²) < 4.78 is 15.9. The second-order valence-electron chi connectivity index (χ2n) is 5.83. The molecule has 22 heavy (non-hydrogen) atoms. The van der Waals surface area contributed by atoms with Crippen LogP contribution in [0.1, 0.15) is 36.5 Å². The van der Waals surface area contributed by atoms with Crippen LogP contribution in [0.5, 0.6) is 0 Å². The Bertz CT molecular complexity index is 643. The van der Waals surface area contributed by atoms with E-state index in [0.717, 1.165) is 12.2 Å². The minimum atomic E-state index is -2.22. The average Bonchev–Trinajstić information content (AvgIpc) is 2.85. The van der Waals surface area contributed by atoms with Gasteiger partial charge in [-0.15, -0.1) is 0 Å². The molecular formula is C16H24N2O2S2. The third-order valence-electron chi connectivity index (χ3n) is 3.58. The maximum atomic E-state index is 12.4. The molecule has 1 aromatic carbocycles. The molecule has 1 aliphatic rings. The summed E-state index contributed by atoms with van der Waals surface area (Å²) in [6.07, 6.45) is 6.57. The number of benzene rings is 1. The van der Waals surface area contributed by atoms with Gasteiger partial charge in [0.2, 0.25) is 0 Å². The third-order valence-corrected chi connectivity index (χ3v) is 5.56. The predicted octanol–water partition coefficient (Wildman–Crippen LogP) is 3.45. The number of thioether (sulfide) groups is 1. The highest BCUT2D eigenvalue weighted by molar-refractivity contribution is 7.99. The Labute approximate surface area is 137 Å². The van der Waals surface area contributed by atoms with Gasteiger partial charge in [0.1, 0.15) is 0 Å². The maximum Gasteiger partial charge on any atom is 0.251 e. The predicted molar refractivity (Wildman–Crippen MR) is 95.5 cm³/mol. The third kappa shape index (κ3) is 5.02. The van der Waals surface area contributed by atoms with Gasteiger partial charge in [0.15, 0.2) is 0 Å². The first-order valence-corrected chi connectivity index (χ1v) is 11.0. The van der Waals surface area contributed by atoms with Crippen LogP contribution in [0.25, 0.3) is 0 Å². The van der Waals surface area contributed by atoms with Gasteiger partial charge in [-0.3, -0.25) is 4.79 Å². The van der Waals surface area contributed by atoms with E-state index in [1.165, 1.54) is 12.8 Å². The van der Waals surface area contributed by atoms with Gasteiger partial charge in [0.05, 0.1) is 5.69 Å². The Morgan fingerprint density at radius 2 is 2.18 bits per heavy atom. The van der Waals surface area contributed by atoms with Crippen LogP contribution in [-0.2, 0) is 9.73 Å². The van der Waals surface area contributed by atoms with Crippen LogP contribution in [0.3, 0.4) is 0 Å². The van der Waals surface area contributed by atoms with Crippen molar-refractivity contribution in [2.24, 2.45) is 4.36 Å². The number of hydrogen-bond donors (Lipinski definition) is 1. The van der Waals surface area contributed by atoms with Gasteiger partial charge in [0.25, 0.3) is 5.91 Å². The molecule has 2 atom stereocenters. The SMILES string of the molecule is CCSC1CCCC1NC(=O)c1cccc(N=S(C)(C)=O)c1. The smallest absolute Gasteiger partial charge is 0.251 e. The number of nitrogens with zero attached hydrogens (tertiary/aromatic N) is 1. The minimum absolute atomic E-state index is 0.0654. The lowest BCUT2D eigenvalue weighted by Crippen LogP contribution is -2.38. The number of carbonyl (C=O) groups excluding carboxylic acids is 1. The van der Waals surface area contributed by atoms with Gasteiger partial charge in [-0.1, -0.05) is 19.4 Å². The van der Waals surface area contributed by atoms with E-state index in [-0.39, 0.29) is 11.9 Å². The number of amides is 1. The van der Waals surface area contributed by atoms with E-state index in [0.29, 0.717) is 16.5 Å². The topological polar surface area (TPSA) is 58.5 Å². The van der Waals surface area contributed by atoms with Crippen molar-refractivity contribution < 1.29 is 9.00 Å². The Hall–Kier alpha value is -1.01. The van der Waals surface area contributed by atoms with Gasteiger partial charge >= 0.3 is 0 Å². The molecule has 0 saturated heterocycles. The summed E-state index contributed by atoms with van der Waals surface area (Å²) in [6, 6.07) is 7.29. The van der Waals surface area contributed by atoms with E-state index in [4.69, 9.17) is 0 Å². The normalized spacial score (nSPS) is 21.6. The lowest BCUT2D eigenvalue weighted by Gasteiger charge is -2.20. The van der Waals surface area contributed by atoms with Gasteiger partial charge in [-0.2, -0.15) is 16.1 Å². The van der Waals surface area contributed by atoms with Crippen LogP contribution in [0, 0.1) is 0 Å². The Morgan fingerprint density at radius 1 is 1.41 bits per heavy atom. The molecular weight excluding hydrogens is 316 g/mol. The lowest BCUT2D eigenvalue weighted by atomic mass is 10.1. The summed E-state index contributed by atoms with van der Waals surface area (Å²) >= 11 is 1.92. The molecule has 0 bridgehead atoms. The molecule has 2 unspecified atom stereocenters. The summed E-state index contributed by atoms with van der Waals surface area (Å²) in [4.78, 5) is 12.4. The highest BCUT2D eigenvalue weighted by Gasteiger charge is 2.28. The van der Waals surface area contributed by atoms with Crippen LogP contribution in [0.4, 0.5) is 5.69 Å². The van der Waals surface area contributed by atoms with Crippen molar-refractivity contribution in [2.75, 3.05) is 18.3 Å². The Balaban J connectivity index is 2.10. The van der Waals surface area contributed by atoms with Crippen LogP contribution >= 0.6 is 11.8 Å². The molecule has 6 heteroatoms. The molecule has 4 nitrogen and oxygen atoms in total. The van der Waals surface area contributed by atoms with Crippen molar-refractivity contribution >= 4 is 33.1 Å². The molecule has 0 aliphatic heterocycles. The van der Waals surface area contributed by atoms with Crippen LogP contribution in [0.2, 0.25) is 0 Å². The van der Waals surface area contributed by atoms with E-state index in [1.807, 2.05) is 11.8 Å². The largest absolute Gasteiger partial charge is 0.348 e. The zero-order valence-corrected chi connectivity index (χ0v) is 15.0. The zero-order valence-electron chi connectivity index (χ0n) is 13.4. The highest BCUT2D eigenvalue weighted by atomic mass is 32.2. The average molecular weight is 341 g/mol. The van der Waals surface area contributed by atoms with E-state index in [2.05, 4.69) is 16.6 Å². The molecule has 2 rings (SSSR count). The first kappa shape index (κ1) is 17.3. The molecule has 1 aromatic rings. The zero-order chi connectivity index (χ0) is 16.2. The fourth-order valence-corrected chi connectivity index (χ4v) is 4.53. The molecule has 0 radical (unpaired) electrons. The maximum absolute atomic E-state index is 12.4. The van der Waals surface area contributed by atoms with Crippen LogP contribution in [0.15, 0.2) is 28.6 Å². The second kappa shape index (κ2) is 7.51. The van der Waals surface area contributed by atoms with Gasteiger partial charge < -0.3 is 5.32 Å². The van der Waals surface area contributed by atoms with Crippen LogP contribution < -0.4 is 5.32 Å². The Kier molecular flexibility index (Phi) is 5.92. The van der Waals surface area contributed by atoms with Crippen molar-refractivity contribution in [2.45, 2.75) is 37.5 Å². The molecule has 0 heterocycles. The van der Waals surface area contributed by atoms with Gasteiger partial charge in [-0.25, -0.2) is 4.21 Å². The summed E-state index contributed by atoms with van der Waals surface area (Å²) in [7, 11) is -2.22. The number of carbonyl (C=O) groups is 1. The number of nitrogens with one attached hydrogen (secondary N) is 1. The molecule has 1 N–H and O–H groups in total. The second-order valence-corrected chi connectivity index (χ2v) is 9.89. The monoisotopic (exact) mass is 340 g/mol. The fraction of sp³-hybridized carbons (Fsp3) is 0.562. The molecule has 1 fully saturated rings. The van der Waals surface area contributed by atoms with E-state index < -0.39 is 9.73 Å². The van der Waals surface area contributed by atoms with E-state index in [9.17, 15) is 9.00 Å². The summed E-state index contributed by atoms with van der Waals surface area (Å²) in [5.41, 5.74) is 1.17. The molecule has 0 aromatic heterocycles. The van der Waals surface area contributed by atoms with Gasteiger partial charge in [0, 0.05) is 39.1 Å². The van der Waals surface area contributed by atoms with E-state index >= 15 is 0 Å². The van der Waals surface area contributed by atoms with Crippen molar-refractivity contribution in [3.63, 3.8) is 0 Å². The standard InChI is InChI=1S/C16H24N2O2S2/c1-4-21-15-10-6-9-14(15)17-16(19)12-7-5-8-13(11-12)18-22(2,3)20/h5,7-8,11,14-15H,4,6,9-10H2,1-3H3,(H,17,19). The molecule has 1 amide bonds. The van der Waals surface area contributed by atoms with Crippen molar-refractivity contribution in [3.8, 4) is 0 Å². The van der Waals surface area contributed by atoms with Crippen molar-refractivity contribution in [3.05, 3.63) is 29.8 Å². The minimum Gasteiger partial charge on any atom is -0.348 e. The van der Waals surface area contributed by atoms with Crippen molar-refractivity contribution in [1.29, 1.82) is 0 Å². The molecule has 0 spiro atoms. The summed E-state index contributed by atoms with van der Waals surface area (Å²) in [5.74, 6) is 1.01. The van der Waals surface area contributed by atoms with Crippen molar-refractivity contribution in [1.82, 2.24) is 5.32 Å². The highest BCUT2D eigenvalue weighted by Crippen LogP contribution is 2.30. The first-order chi connectivity index (χ1) is 10.4. The molecule has 122 valence electrons. The summed E-state index contributed by atoms with van der Waals surface area (Å²) in [5, 5.41) is 3.67. The molecule has 1 saturated carbocycles. The number of hydrogen-bond acceptors (Lipinski definition) is 4. The fourth-order valence-electron chi connectivity index (χ4n) is 2.71. The summed E-state index contributed by atoms with van der Waals surface area (Å²) in [6.45, 7) is 2.15. The number of rotatable bonds is 5. The lowest BCUT2D eigenvalue weighted by molar-refractivity contribution is 0.0938. The Morgan fingerprint density at radius 3 is 2.86 bits per heavy atom. The van der Waals surface area contributed by atoms with Crippen LogP contribution in [-0.4, -0.2) is 39.7 Å². The van der Waals surface area contributed by atoms with E-state index in [1.54, 1.807) is 36.8 Å². The quantitative estimate of drug-likeness (QED) is 0.893. The first-order valence-electron chi connectivity index (χ1n) is 7.58. The molecule has 1 aliphatic carbocycles. The van der Waals surface area contributed by atoms with Gasteiger partial charge in [-0.05, 0) is 36.8 Å².